The molecule has 7 heteroatoms. The highest BCUT2D eigenvalue weighted by atomic mass is 19.1. The van der Waals surface area contributed by atoms with E-state index in [2.05, 4.69) is 4.98 Å². The van der Waals surface area contributed by atoms with Crippen molar-refractivity contribution in [2.45, 2.75) is 6.54 Å². The third kappa shape index (κ3) is 4.05. The van der Waals surface area contributed by atoms with Gasteiger partial charge in [-0.15, -0.1) is 0 Å². The smallest absolute Gasteiger partial charge is 0.261 e. The zero-order valence-electron chi connectivity index (χ0n) is 14.3. The number of amides is 1. The number of rotatable bonds is 6. The van der Waals surface area contributed by atoms with Gasteiger partial charge < -0.3 is 9.64 Å². The van der Waals surface area contributed by atoms with Crippen LogP contribution in [0.1, 0.15) is 0 Å². The van der Waals surface area contributed by atoms with E-state index in [1.165, 1.54) is 27.9 Å². The maximum absolute atomic E-state index is 13.4. The molecule has 1 amide bonds. The molecule has 6 nitrogen and oxygen atoms in total. The monoisotopic (exact) mass is 355 g/mol. The molecule has 2 aromatic carbocycles. The standard InChI is InChI=1S/C19H18FN3O3/c1-22(9-10-26-15-5-3-2-4-6-15)18(24)12-23-13-21-17-8-7-14(20)11-16(17)19(23)25/h2-8,11,13H,9-10,12H2,1H3. The number of para-hydroxylation sites is 1. The number of hydrogen-bond acceptors (Lipinski definition) is 4. The van der Waals surface area contributed by atoms with Crippen LogP contribution in [0, 0.1) is 5.82 Å². The van der Waals surface area contributed by atoms with Crippen molar-refractivity contribution in [3.63, 3.8) is 0 Å². The molecule has 134 valence electrons. The van der Waals surface area contributed by atoms with Crippen LogP contribution in [0.2, 0.25) is 0 Å². The van der Waals surface area contributed by atoms with Crippen LogP contribution in [0.4, 0.5) is 4.39 Å². The second kappa shape index (κ2) is 7.77. The van der Waals surface area contributed by atoms with Crippen molar-refractivity contribution < 1.29 is 13.9 Å². The van der Waals surface area contributed by atoms with E-state index in [1.54, 1.807) is 7.05 Å². The lowest BCUT2D eigenvalue weighted by Crippen LogP contribution is -2.36. The Morgan fingerprint density at radius 1 is 1.23 bits per heavy atom. The number of carbonyl (C=O) groups excluding carboxylic acids is 1. The second-order valence-electron chi connectivity index (χ2n) is 5.82. The van der Waals surface area contributed by atoms with Crippen LogP contribution in [0.15, 0.2) is 59.7 Å². The van der Waals surface area contributed by atoms with Crippen molar-refractivity contribution in [2.24, 2.45) is 0 Å². The van der Waals surface area contributed by atoms with Gasteiger partial charge in [0.1, 0.15) is 24.7 Å². The van der Waals surface area contributed by atoms with Gasteiger partial charge in [0.25, 0.3) is 5.56 Å². The average molecular weight is 355 g/mol. The lowest BCUT2D eigenvalue weighted by molar-refractivity contribution is -0.130. The van der Waals surface area contributed by atoms with Gasteiger partial charge in [-0.25, -0.2) is 9.37 Å². The summed E-state index contributed by atoms with van der Waals surface area (Å²) in [6, 6.07) is 13.1. The predicted octanol–water partition coefficient (Wildman–Crippen LogP) is 2.07. The first-order chi connectivity index (χ1) is 12.5. The van der Waals surface area contributed by atoms with Gasteiger partial charge in [0.2, 0.25) is 5.91 Å². The van der Waals surface area contributed by atoms with Crippen LogP contribution in [0.3, 0.4) is 0 Å². The summed E-state index contributed by atoms with van der Waals surface area (Å²) in [6.45, 7) is 0.542. The Bertz CT molecular complexity index is 973. The molecule has 0 aliphatic rings. The number of halogens is 1. The fourth-order valence-corrected chi connectivity index (χ4v) is 2.45. The number of hydrogen-bond donors (Lipinski definition) is 0. The summed E-state index contributed by atoms with van der Waals surface area (Å²) >= 11 is 0. The minimum atomic E-state index is -0.518. The van der Waals surface area contributed by atoms with Crippen LogP contribution in [-0.4, -0.2) is 40.6 Å². The molecule has 0 saturated carbocycles. The van der Waals surface area contributed by atoms with Crippen LogP contribution in [-0.2, 0) is 11.3 Å². The molecule has 1 heterocycles. The van der Waals surface area contributed by atoms with Gasteiger partial charge in [-0.2, -0.15) is 0 Å². The Labute approximate surface area is 149 Å². The van der Waals surface area contributed by atoms with Gasteiger partial charge in [-0.05, 0) is 30.3 Å². The molecule has 0 spiro atoms. The van der Waals surface area contributed by atoms with E-state index in [-0.39, 0.29) is 17.8 Å². The number of likely N-dealkylation sites (N-methyl/N-ethyl adjacent to an activating group) is 1. The Hall–Kier alpha value is -3.22. The minimum Gasteiger partial charge on any atom is -0.492 e. The van der Waals surface area contributed by atoms with Crippen molar-refractivity contribution in [1.82, 2.24) is 14.5 Å². The molecule has 3 aromatic rings. The highest BCUT2D eigenvalue weighted by molar-refractivity contribution is 5.79. The fourth-order valence-electron chi connectivity index (χ4n) is 2.45. The van der Waals surface area contributed by atoms with E-state index in [1.807, 2.05) is 30.3 Å². The predicted molar refractivity (Wildman–Crippen MR) is 95.5 cm³/mol. The van der Waals surface area contributed by atoms with E-state index < -0.39 is 11.4 Å². The van der Waals surface area contributed by atoms with Gasteiger partial charge in [0.15, 0.2) is 0 Å². The minimum absolute atomic E-state index is 0.148. The van der Waals surface area contributed by atoms with Crippen LogP contribution in [0.5, 0.6) is 5.75 Å². The summed E-state index contributed by atoms with van der Waals surface area (Å²) < 4.78 is 20.1. The van der Waals surface area contributed by atoms with Gasteiger partial charge in [-0.3, -0.25) is 14.2 Å². The third-order valence-corrected chi connectivity index (χ3v) is 3.96. The fraction of sp³-hybridized carbons (Fsp3) is 0.211. The largest absolute Gasteiger partial charge is 0.492 e. The van der Waals surface area contributed by atoms with Gasteiger partial charge in [0.05, 0.1) is 23.8 Å². The average Bonchev–Trinajstić information content (AvgIpc) is 2.65. The summed E-state index contributed by atoms with van der Waals surface area (Å²) in [5.41, 5.74) is -0.0542. The van der Waals surface area contributed by atoms with Crippen LogP contribution >= 0.6 is 0 Å². The lowest BCUT2D eigenvalue weighted by atomic mass is 10.2. The molecule has 1 aromatic heterocycles. The molecule has 0 fully saturated rings. The Kier molecular flexibility index (Phi) is 5.26. The quantitative estimate of drug-likeness (QED) is 0.679. The summed E-state index contributed by atoms with van der Waals surface area (Å²) in [6.07, 6.45) is 1.30. The van der Waals surface area contributed by atoms with Crippen molar-refractivity contribution in [3.05, 3.63) is 71.0 Å². The number of aromatic nitrogens is 2. The van der Waals surface area contributed by atoms with E-state index in [0.717, 1.165) is 11.8 Å². The lowest BCUT2D eigenvalue weighted by Gasteiger charge is -2.18. The molecule has 0 bridgehead atoms. The first kappa shape index (κ1) is 17.6. The number of fused-ring (bicyclic) bond motifs is 1. The second-order valence-corrected chi connectivity index (χ2v) is 5.82. The molecule has 0 atom stereocenters. The van der Waals surface area contributed by atoms with E-state index in [9.17, 15) is 14.0 Å². The maximum atomic E-state index is 13.4. The van der Waals surface area contributed by atoms with Gasteiger partial charge in [0, 0.05) is 7.05 Å². The molecule has 3 rings (SSSR count). The topological polar surface area (TPSA) is 64.4 Å². The molecule has 0 aliphatic carbocycles. The van der Waals surface area contributed by atoms with Crippen LogP contribution < -0.4 is 10.3 Å². The molecule has 0 unspecified atom stereocenters. The maximum Gasteiger partial charge on any atom is 0.261 e. The van der Waals surface area contributed by atoms with E-state index in [0.29, 0.717) is 18.7 Å². The molecule has 0 N–H and O–H groups in total. The zero-order valence-corrected chi connectivity index (χ0v) is 14.3. The molecule has 0 saturated heterocycles. The first-order valence-electron chi connectivity index (χ1n) is 8.11. The van der Waals surface area contributed by atoms with E-state index >= 15 is 0 Å². The molecule has 0 radical (unpaired) electrons. The van der Waals surface area contributed by atoms with E-state index in [4.69, 9.17) is 4.74 Å². The summed E-state index contributed by atoms with van der Waals surface area (Å²) in [5, 5.41) is 0.148. The Morgan fingerprint density at radius 3 is 2.77 bits per heavy atom. The highest BCUT2D eigenvalue weighted by Gasteiger charge is 2.12. The van der Waals surface area contributed by atoms with Crippen molar-refractivity contribution in [3.8, 4) is 5.75 Å². The summed E-state index contributed by atoms with van der Waals surface area (Å²) in [7, 11) is 1.63. The Morgan fingerprint density at radius 2 is 2.00 bits per heavy atom. The van der Waals surface area contributed by atoms with Gasteiger partial charge >= 0.3 is 0 Å². The third-order valence-electron chi connectivity index (χ3n) is 3.96. The van der Waals surface area contributed by atoms with Gasteiger partial charge in [-0.1, -0.05) is 18.2 Å². The summed E-state index contributed by atoms with van der Waals surface area (Å²) in [5.74, 6) is -0.0534. The zero-order chi connectivity index (χ0) is 18.5. The molecule has 0 aliphatic heterocycles. The first-order valence-corrected chi connectivity index (χ1v) is 8.11. The van der Waals surface area contributed by atoms with Crippen LogP contribution in [0.25, 0.3) is 10.9 Å². The Balaban J connectivity index is 1.63. The highest BCUT2D eigenvalue weighted by Crippen LogP contribution is 2.09. The number of carbonyl (C=O) groups is 1. The molecular weight excluding hydrogens is 337 g/mol. The SMILES string of the molecule is CN(CCOc1ccccc1)C(=O)Cn1cnc2ccc(F)cc2c1=O. The van der Waals surface area contributed by atoms with Crippen molar-refractivity contribution in [2.75, 3.05) is 20.2 Å². The number of ether oxygens (including phenoxy) is 1. The van der Waals surface area contributed by atoms with Crippen molar-refractivity contribution >= 4 is 16.8 Å². The summed E-state index contributed by atoms with van der Waals surface area (Å²) in [4.78, 5) is 30.3. The number of nitrogens with zero attached hydrogens (tertiary/aromatic N) is 3. The molecular formula is C19H18FN3O3. The number of benzene rings is 2. The molecule has 26 heavy (non-hydrogen) atoms. The van der Waals surface area contributed by atoms with Crippen molar-refractivity contribution in [1.29, 1.82) is 0 Å². The normalized spacial score (nSPS) is 10.7.